The summed E-state index contributed by atoms with van der Waals surface area (Å²) in [5.41, 5.74) is -0.583. The van der Waals surface area contributed by atoms with Crippen LogP contribution in [0.15, 0.2) is 30.5 Å². The van der Waals surface area contributed by atoms with Crippen LogP contribution in [0.1, 0.15) is 25.6 Å². The Morgan fingerprint density at radius 3 is 2.68 bits per heavy atom. The standard InChI is InChI=1S/C16H19FN4O3S/c1-16(2,3)24-15(23)21(18)14-19-9-10(25-14)8-13(22)20-12-7-5-4-6-11(12)17/h4-7,9H,8,18H2,1-3H3,(H,20,22). The van der Waals surface area contributed by atoms with Crippen molar-refractivity contribution in [2.45, 2.75) is 32.8 Å². The lowest BCUT2D eigenvalue weighted by molar-refractivity contribution is -0.115. The van der Waals surface area contributed by atoms with Gasteiger partial charge < -0.3 is 10.1 Å². The van der Waals surface area contributed by atoms with Crippen LogP contribution in [0, 0.1) is 5.82 Å². The van der Waals surface area contributed by atoms with Crippen molar-refractivity contribution in [1.82, 2.24) is 4.98 Å². The molecule has 0 bridgehead atoms. The van der Waals surface area contributed by atoms with Crippen LogP contribution in [-0.4, -0.2) is 22.6 Å². The molecule has 1 heterocycles. The van der Waals surface area contributed by atoms with E-state index in [4.69, 9.17) is 10.6 Å². The van der Waals surface area contributed by atoms with Crippen molar-refractivity contribution in [3.8, 4) is 0 Å². The molecule has 1 aromatic heterocycles. The number of nitrogens with one attached hydrogen (secondary N) is 1. The maximum atomic E-state index is 13.5. The van der Waals surface area contributed by atoms with Crippen molar-refractivity contribution >= 4 is 34.2 Å². The summed E-state index contributed by atoms with van der Waals surface area (Å²) in [6, 6.07) is 5.88. The van der Waals surface area contributed by atoms with Gasteiger partial charge in [-0.2, -0.15) is 5.01 Å². The molecule has 0 unspecified atom stereocenters. The maximum absolute atomic E-state index is 13.5. The SMILES string of the molecule is CC(C)(C)OC(=O)N(N)c1ncc(CC(=O)Nc2ccccc2F)s1. The van der Waals surface area contributed by atoms with Crippen molar-refractivity contribution in [3.63, 3.8) is 0 Å². The number of anilines is 2. The van der Waals surface area contributed by atoms with Crippen molar-refractivity contribution < 1.29 is 18.7 Å². The Hall–Kier alpha value is -2.52. The molecule has 2 aromatic rings. The summed E-state index contributed by atoms with van der Waals surface area (Å²) < 4.78 is 18.7. The number of benzene rings is 1. The number of thiazole rings is 1. The predicted molar refractivity (Wildman–Crippen MR) is 93.7 cm³/mol. The molecule has 0 saturated heterocycles. The van der Waals surface area contributed by atoms with Crippen LogP contribution >= 0.6 is 11.3 Å². The van der Waals surface area contributed by atoms with Crippen LogP contribution in [0.2, 0.25) is 0 Å². The molecule has 2 amide bonds. The third-order valence-corrected chi connectivity index (χ3v) is 3.82. The van der Waals surface area contributed by atoms with Gasteiger partial charge in [-0.25, -0.2) is 20.0 Å². The number of carbonyl (C=O) groups excluding carboxylic acids is 2. The largest absolute Gasteiger partial charge is 0.442 e. The second kappa shape index (κ2) is 7.58. The van der Waals surface area contributed by atoms with Gasteiger partial charge in [0, 0.05) is 11.1 Å². The zero-order valence-corrected chi connectivity index (χ0v) is 14.9. The van der Waals surface area contributed by atoms with Crippen molar-refractivity contribution in [1.29, 1.82) is 0 Å². The first-order chi connectivity index (χ1) is 11.7. The third kappa shape index (κ3) is 5.50. The van der Waals surface area contributed by atoms with Crippen molar-refractivity contribution in [2.75, 3.05) is 10.3 Å². The normalized spacial score (nSPS) is 11.1. The molecular weight excluding hydrogens is 347 g/mol. The fourth-order valence-corrected chi connectivity index (χ4v) is 2.62. The molecule has 0 saturated carbocycles. The summed E-state index contributed by atoms with van der Waals surface area (Å²) in [4.78, 5) is 28.5. The molecule has 1 aromatic carbocycles. The Balaban J connectivity index is 1.98. The summed E-state index contributed by atoms with van der Waals surface area (Å²) >= 11 is 1.07. The van der Waals surface area contributed by atoms with Crippen LogP contribution in [0.3, 0.4) is 0 Å². The number of rotatable bonds is 4. The molecule has 0 radical (unpaired) electrons. The van der Waals surface area contributed by atoms with Gasteiger partial charge in [-0.3, -0.25) is 4.79 Å². The predicted octanol–water partition coefficient (Wildman–Crippen LogP) is 3.08. The van der Waals surface area contributed by atoms with E-state index in [9.17, 15) is 14.0 Å². The lowest BCUT2D eigenvalue weighted by Crippen LogP contribution is -2.41. The van der Waals surface area contributed by atoms with Crippen molar-refractivity contribution in [3.05, 3.63) is 41.2 Å². The number of carbonyl (C=O) groups is 2. The van der Waals surface area contributed by atoms with Gasteiger partial charge in [0.1, 0.15) is 11.4 Å². The molecule has 0 aliphatic heterocycles. The van der Waals surface area contributed by atoms with Crippen LogP contribution in [0.5, 0.6) is 0 Å². The number of hydrogen-bond donors (Lipinski definition) is 2. The maximum Gasteiger partial charge on any atom is 0.431 e. The number of nitrogens with two attached hydrogens (primary N) is 1. The number of amides is 2. The summed E-state index contributed by atoms with van der Waals surface area (Å²) in [6.07, 6.45) is 0.670. The highest BCUT2D eigenvalue weighted by Crippen LogP contribution is 2.23. The highest BCUT2D eigenvalue weighted by atomic mass is 32.1. The summed E-state index contributed by atoms with van der Waals surface area (Å²) in [5.74, 6) is 4.77. The van der Waals surface area contributed by atoms with Gasteiger partial charge in [0.05, 0.1) is 12.1 Å². The number of nitrogens with zero attached hydrogens (tertiary/aromatic N) is 2. The van der Waals surface area contributed by atoms with E-state index in [1.807, 2.05) is 0 Å². The number of ether oxygens (including phenoxy) is 1. The van der Waals surface area contributed by atoms with E-state index in [2.05, 4.69) is 10.3 Å². The van der Waals surface area contributed by atoms with E-state index < -0.39 is 23.4 Å². The van der Waals surface area contributed by atoms with Crippen LogP contribution < -0.4 is 16.2 Å². The fraction of sp³-hybridized carbons (Fsp3) is 0.312. The highest BCUT2D eigenvalue weighted by molar-refractivity contribution is 7.15. The first kappa shape index (κ1) is 18.8. The number of halogens is 1. The van der Waals surface area contributed by atoms with Gasteiger partial charge in [0.15, 0.2) is 0 Å². The van der Waals surface area contributed by atoms with Gasteiger partial charge >= 0.3 is 6.09 Å². The second-order valence-electron chi connectivity index (χ2n) is 6.16. The molecule has 0 aliphatic rings. The Labute approximate surface area is 148 Å². The zero-order valence-electron chi connectivity index (χ0n) is 14.1. The number of aromatic nitrogens is 1. The summed E-state index contributed by atoms with van der Waals surface area (Å²) in [6.45, 7) is 5.16. The fourth-order valence-electron chi connectivity index (χ4n) is 1.79. The molecule has 7 nitrogen and oxygen atoms in total. The molecule has 0 aliphatic carbocycles. The van der Waals surface area contributed by atoms with Crippen molar-refractivity contribution in [2.24, 2.45) is 5.84 Å². The Bertz CT molecular complexity index is 773. The lowest BCUT2D eigenvalue weighted by Gasteiger charge is -2.22. The van der Waals surface area contributed by atoms with Gasteiger partial charge in [-0.1, -0.05) is 23.5 Å². The number of hydrogen-bond acceptors (Lipinski definition) is 6. The van der Waals surface area contributed by atoms with E-state index in [0.717, 1.165) is 16.3 Å². The topological polar surface area (TPSA) is 97.6 Å². The van der Waals surface area contributed by atoms with E-state index in [0.29, 0.717) is 4.88 Å². The molecule has 2 rings (SSSR count). The monoisotopic (exact) mass is 366 g/mol. The lowest BCUT2D eigenvalue weighted by atomic mass is 10.2. The average molecular weight is 366 g/mol. The first-order valence-corrected chi connectivity index (χ1v) is 8.24. The molecule has 3 N–H and O–H groups in total. The number of hydrazine groups is 1. The van der Waals surface area contributed by atoms with Gasteiger partial charge in [0.25, 0.3) is 0 Å². The molecule has 0 fully saturated rings. The average Bonchev–Trinajstić information content (AvgIpc) is 2.95. The zero-order chi connectivity index (χ0) is 18.6. The van der Waals surface area contributed by atoms with Crippen LogP contribution in [0.4, 0.5) is 20.0 Å². The van der Waals surface area contributed by atoms with Gasteiger partial charge in [-0.05, 0) is 32.9 Å². The quantitative estimate of drug-likeness (QED) is 0.492. The number of para-hydroxylation sites is 1. The smallest absolute Gasteiger partial charge is 0.431 e. The molecule has 9 heteroatoms. The highest BCUT2D eigenvalue weighted by Gasteiger charge is 2.23. The van der Waals surface area contributed by atoms with Crippen LogP contribution in [0.25, 0.3) is 0 Å². The molecule has 25 heavy (non-hydrogen) atoms. The van der Waals surface area contributed by atoms with E-state index >= 15 is 0 Å². The van der Waals surface area contributed by atoms with Gasteiger partial charge in [0.2, 0.25) is 11.0 Å². The van der Waals surface area contributed by atoms with E-state index in [1.165, 1.54) is 24.4 Å². The summed E-state index contributed by atoms with van der Waals surface area (Å²) in [5, 5.41) is 3.46. The first-order valence-electron chi connectivity index (χ1n) is 7.42. The Morgan fingerprint density at radius 2 is 2.04 bits per heavy atom. The second-order valence-corrected chi connectivity index (χ2v) is 7.26. The Kier molecular flexibility index (Phi) is 5.70. The minimum atomic E-state index is -0.746. The third-order valence-electron chi connectivity index (χ3n) is 2.82. The summed E-state index contributed by atoms with van der Waals surface area (Å²) in [7, 11) is 0. The molecular formula is C16H19FN4O3S. The van der Waals surface area contributed by atoms with Crippen LogP contribution in [-0.2, 0) is 16.0 Å². The minimum absolute atomic E-state index is 0.0197. The minimum Gasteiger partial charge on any atom is -0.442 e. The molecule has 0 spiro atoms. The van der Waals surface area contributed by atoms with E-state index in [-0.39, 0.29) is 17.2 Å². The molecule has 0 atom stereocenters. The van der Waals surface area contributed by atoms with E-state index in [1.54, 1.807) is 26.8 Å². The molecule has 134 valence electrons. The van der Waals surface area contributed by atoms with Gasteiger partial charge in [-0.15, -0.1) is 0 Å². The Morgan fingerprint density at radius 1 is 1.36 bits per heavy atom.